The van der Waals surface area contributed by atoms with Crippen LogP contribution in [0.25, 0.3) is 0 Å². The Morgan fingerprint density at radius 1 is 1.07 bits per heavy atom. The van der Waals surface area contributed by atoms with E-state index in [9.17, 15) is 26.7 Å². The van der Waals surface area contributed by atoms with Gasteiger partial charge in [-0.25, -0.2) is 13.8 Å². The Hall–Kier alpha value is -2.75. The lowest BCUT2D eigenvalue weighted by atomic mass is 10.2. The number of alkyl halides is 3. The zero-order chi connectivity index (χ0) is 21.2. The van der Waals surface area contributed by atoms with E-state index in [2.05, 4.69) is 10.3 Å². The molecular formula is C19H19F5N4O. The van der Waals surface area contributed by atoms with Gasteiger partial charge in [0, 0.05) is 44.1 Å². The molecule has 2 heterocycles. The van der Waals surface area contributed by atoms with Crippen molar-refractivity contribution >= 4 is 17.4 Å². The van der Waals surface area contributed by atoms with Crippen LogP contribution >= 0.6 is 0 Å². The maximum absolute atomic E-state index is 13.3. The zero-order valence-corrected chi connectivity index (χ0v) is 15.5. The van der Waals surface area contributed by atoms with Crippen molar-refractivity contribution in [1.82, 2.24) is 9.88 Å². The monoisotopic (exact) mass is 414 g/mol. The highest BCUT2D eigenvalue weighted by molar-refractivity contribution is 5.94. The number of carbonyl (C=O) groups excluding carboxylic acids is 1. The number of piperazine rings is 1. The minimum atomic E-state index is -4.43. The van der Waals surface area contributed by atoms with Crippen LogP contribution in [0.4, 0.5) is 33.5 Å². The van der Waals surface area contributed by atoms with Crippen molar-refractivity contribution in [1.29, 1.82) is 0 Å². The fourth-order valence-corrected chi connectivity index (χ4v) is 3.07. The molecule has 1 atom stereocenters. The summed E-state index contributed by atoms with van der Waals surface area (Å²) in [6.45, 7) is 3.66. The van der Waals surface area contributed by atoms with Crippen molar-refractivity contribution in [2.75, 3.05) is 36.4 Å². The summed E-state index contributed by atoms with van der Waals surface area (Å²) >= 11 is 0. The SMILES string of the molecule is CC(C(=O)Nc1ccc(F)c(F)c1)N1CCN(c2ccc(C(F)(F)F)cn2)CC1. The van der Waals surface area contributed by atoms with E-state index in [1.54, 1.807) is 6.92 Å². The highest BCUT2D eigenvalue weighted by atomic mass is 19.4. The van der Waals surface area contributed by atoms with E-state index in [1.807, 2.05) is 9.80 Å². The number of aromatic nitrogens is 1. The standard InChI is InChI=1S/C19H19F5N4O/c1-12(18(29)26-14-3-4-15(20)16(21)10-14)27-6-8-28(9-7-27)17-5-2-13(11-25-17)19(22,23)24/h2-5,10-12H,6-9H2,1H3,(H,26,29). The van der Waals surface area contributed by atoms with Gasteiger partial charge < -0.3 is 10.2 Å². The molecule has 1 N–H and O–H groups in total. The quantitative estimate of drug-likeness (QED) is 0.778. The lowest BCUT2D eigenvalue weighted by Gasteiger charge is -2.38. The van der Waals surface area contributed by atoms with Crippen molar-refractivity contribution in [2.24, 2.45) is 0 Å². The lowest BCUT2D eigenvalue weighted by Crippen LogP contribution is -2.53. The summed E-state index contributed by atoms with van der Waals surface area (Å²) in [6.07, 6.45) is -3.62. The van der Waals surface area contributed by atoms with Crippen LogP contribution in [0.1, 0.15) is 12.5 Å². The number of hydrogen-bond donors (Lipinski definition) is 1. The van der Waals surface area contributed by atoms with E-state index in [0.29, 0.717) is 32.0 Å². The third-order valence-electron chi connectivity index (χ3n) is 4.83. The van der Waals surface area contributed by atoms with Gasteiger partial charge in [-0.15, -0.1) is 0 Å². The maximum Gasteiger partial charge on any atom is 0.417 e. The number of halogens is 5. The molecule has 0 saturated carbocycles. The third-order valence-corrected chi connectivity index (χ3v) is 4.83. The molecule has 1 fully saturated rings. The molecular weight excluding hydrogens is 395 g/mol. The van der Waals surface area contributed by atoms with Gasteiger partial charge in [0.1, 0.15) is 5.82 Å². The van der Waals surface area contributed by atoms with Crippen LogP contribution in [-0.2, 0) is 11.0 Å². The van der Waals surface area contributed by atoms with Crippen LogP contribution in [-0.4, -0.2) is 48.0 Å². The van der Waals surface area contributed by atoms with E-state index in [0.717, 1.165) is 24.4 Å². The second-order valence-corrected chi connectivity index (χ2v) is 6.72. The van der Waals surface area contributed by atoms with E-state index < -0.39 is 29.4 Å². The van der Waals surface area contributed by atoms with Gasteiger partial charge in [0.05, 0.1) is 11.6 Å². The first-order valence-corrected chi connectivity index (χ1v) is 8.93. The number of pyridine rings is 1. The predicted molar refractivity (Wildman–Crippen MR) is 97.5 cm³/mol. The van der Waals surface area contributed by atoms with Crippen LogP contribution in [0.5, 0.6) is 0 Å². The van der Waals surface area contributed by atoms with Crippen LogP contribution in [0.2, 0.25) is 0 Å². The molecule has 1 aliphatic rings. The Morgan fingerprint density at radius 2 is 1.76 bits per heavy atom. The Morgan fingerprint density at radius 3 is 2.31 bits per heavy atom. The Balaban J connectivity index is 1.55. The largest absolute Gasteiger partial charge is 0.417 e. The van der Waals surface area contributed by atoms with Crippen LogP contribution < -0.4 is 10.2 Å². The number of nitrogens with one attached hydrogen (secondary N) is 1. The molecule has 1 saturated heterocycles. The molecule has 2 aromatic rings. The summed E-state index contributed by atoms with van der Waals surface area (Å²) < 4.78 is 64.2. The molecule has 0 spiro atoms. The minimum Gasteiger partial charge on any atom is -0.354 e. The van der Waals surface area contributed by atoms with E-state index >= 15 is 0 Å². The molecule has 5 nitrogen and oxygen atoms in total. The third kappa shape index (κ3) is 5.00. The van der Waals surface area contributed by atoms with E-state index in [-0.39, 0.29) is 11.6 Å². The lowest BCUT2D eigenvalue weighted by molar-refractivity contribution is -0.137. The molecule has 29 heavy (non-hydrogen) atoms. The average Bonchev–Trinajstić information content (AvgIpc) is 2.70. The van der Waals surface area contributed by atoms with Gasteiger partial charge in [0.2, 0.25) is 5.91 Å². The van der Waals surface area contributed by atoms with Crippen molar-refractivity contribution in [3.05, 3.63) is 53.7 Å². The summed E-state index contributed by atoms with van der Waals surface area (Å²) in [4.78, 5) is 20.0. The second-order valence-electron chi connectivity index (χ2n) is 6.72. The van der Waals surface area contributed by atoms with Gasteiger partial charge in [-0.3, -0.25) is 9.69 Å². The van der Waals surface area contributed by atoms with Crippen LogP contribution in [0.3, 0.4) is 0 Å². The van der Waals surface area contributed by atoms with Gasteiger partial charge in [-0.05, 0) is 31.2 Å². The van der Waals surface area contributed by atoms with Gasteiger partial charge in [0.25, 0.3) is 0 Å². The normalized spacial score (nSPS) is 16.6. The number of anilines is 2. The van der Waals surface area contributed by atoms with Crippen molar-refractivity contribution in [3.8, 4) is 0 Å². The highest BCUT2D eigenvalue weighted by Crippen LogP contribution is 2.29. The molecule has 0 radical (unpaired) electrons. The first kappa shape index (κ1) is 21.0. The van der Waals surface area contributed by atoms with Crippen LogP contribution in [0.15, 0.2) is 36.5 Å². The van der Waals surface area contributed by atoms with Gasteiger partial charge in [-0.1, -0.05) is 0 Å². The predicted octanol–water partition coefficient (Wildman–Crippen LogP) is 3.53. The molecule has 1 amide bonds. The maximum atomic E-state index is 13.3. The molecule has 3 rings (SSSR count). The molecule has 1 aromatic heterocycles. The van der Waals surface area contributed by atoms with Gasteiger partial charge in [-0.2, -0.15) is 13.2 Å². The summed E-state index contributed by atoms with van der Waals surface area (Å²) in [5.74, 6) is -1.97. The highest BCUT2D eigenvalue weighted by Gasteiger charge is 2.31. The first-order valence-electron chi connectivity index (χ1n) is 8.93. The number of amides is 1. The van der Waals surface area contributed by atoms with E-state index in [4.69, 9.17) is 0 Å². The number of benzene rings is 1. The van der Waals surface area contributed by atoms with Gasteiger partial charge in [0.15, 0.2) is 11.6 Å². The number of nitrogens with zero attached hydrogens (tertiary/aromatic N) is 3. The number of carbonyl (C=O) groups is 1. The fraction of sp³-hybridized carbons (Fsp3) is 0.368. The molecule has 1 aliphatic heterocycles. The topological polar surface area (TPSA) is 48.5 Å². The Labute approximate surface area is 164 Å². The minimum absolute atomic E-state index is 0.161. The van der Waals surface area contributed by atoms with E-state index in [1.165, 1.54) is 12.1 Å². The fourth-order valence-electron chi connectivity index (χ4n) is 3.07. The molecule has 0 bridgehead atoms. The summed E-state index contributed by atoms with van der Waals surface area (Å²) in [7, 11) is 0. The second kappa shape index (κ2) is 8.32. The summed E-state index contributed by atoms with van der Waals surface area (Å²) in [5, 5.41) is 2.55. The average molecular weight is 414 g/mol. The Bertz CT molecular complexity index is 864. The van der Waals surface area contributed by atoms with Crippen molar-refractivity contribution in [3.63, 3.8) is 0 Å². The molecule has 0 aliphatic carbocycles. The smallest absolute Gasteiger partial charge is 0.354 e. The first-order chi connectivity index (χ1) is 13.6. The van der Waals surface area contributed by atoms with Crippen LogP contribution in [0, 0.1) is 11.6 Å². The molecule has 10 heteroatoms. The molecule has 1 unspecified atom stereocenters. The number of rotatable bonds is 4. The summed E-state index contributed by atoms with van der Waals surface area (Å²) in [5.41, 5.74) is -0.643. The zero-order valence-electron chi connectivity index (χ0n) is 15.5. The Kier molecular flexibility index (Phi) is 6.02. The molecule has 156 valence electrons. The van der Waals surface area contributed by atoms with Gasteiger partial charge >= 0.3 is 6.18 Å². The molecule has 1 aromatic carbocycles. The number of hydrogen-bond acceptors (Lipinski definition) is 4. The summed E-state index contributed by atoms with van der Waals surface area (Å²) in [6, 6.07) is 4.92. The van der Waals surface area contributed by atoms with Crippen molar-refractivity contribution < 1.29 is 26.7 Å². The van der Waals surface area contributed by atoms with Crippen molar-refractivity contribution in [2.45, 2.75) is 19.1 Å².